The molecule has 0 saturated heterocycles. The van der Waals surface area contributed by atoms with Gasteiger partial charge in [-0.25, -0.2) is 0 Å². The van der Waals surface area contributed by atoms with E-state index >= 15 is 0 Å². The summed E-state index contributed by atoms with van der Waals surface area (Å²) in [5.41, 5.74) is 0.966. The average molecular weight is 318 g/mol. The molecule has 6 nitrogen and oxygen atoms in total. The fraction of sp³-hybridized carbons (Fsp3) is 0.412. The zero-order valence-electron chi connectivity index (χ0n) is 13.9. The molecule has 2 aromatic rings. The first-order valence-corrected chi connectivity index (χ1v) is 7.41. The lowest BCUT2D eigenvalue weighted by atomic mass is 10.2. The number of ether oxygens (including phenoxy) is 2. The van der Waals surface area contributed by atoms with Crippen LogP contribution in [-0.4, -0.2) is 49.2 Å². The second-order valence-corrected chi connectivity index (χ2v) is 5.57. The third kappa shape index (κ3) is 3.83. The van der Waals surface area contributed by atoms with Crippen LogP contribution in [-0.2, 0) is 20.9 Å². The molecule has 0 aliphatic heterocycles. The molecule has 0 spiro atoms. The zero-order chi connectivity index (χ0) is 17.0. The van der Waals surface area contributed by atoms with Gasteiger partial charge >= 0.3 is 5.97 Å². The standard InChI is InChI=1S/C17H22N2O4/c1-12(17(21)23-4)10-18(2)16(20)11-19-8-7-13-9-14(22-3)5-6-15(13)19/h5-9,12H,10-11H2,1-4H3. The number of esters is 1. The maximum Gasteiger partial charge on any atom is 0.310 e. The van der Waals surface area contributed by atoms with Gasteiger partial charge in [-0.05, 0) is 24.3 Å². The molecule has 124 valence electrons. The Morgan fingerprint density at radius 2 is 2.00 bits per heavy atom. The van der Waals surface area contributed by atoms with Crippen LogP contribution in [0.2, 0.25) is 0 Å². The van der Waals surface area contributed by atoms with E-state index in [0.717, 1.165) is 16.7 Å². The van der Waals surface area contributed by atoms with Crippen molar-refractivity contribution >= 4 is 22.8 Å². The number of carbonyl (C=O) groups excluding carboxylic acids is 2. The number of likely N-dealkylation sites (N-methyl/N-ethyl adjacent to an activating group) is 1. The number of nitrogens with zero attached hydrogens (tertiary/aromatic N) is 2. The smallest absolute Gasteiger partial charge is 0.310 e. The number of hydrogen-bond donors (Lipinski definition) is 0. The summed E-state index contributed by atoms with van der Waals surface area (Å²) < 4.78 is 11.8. The first-order chi connectivity index (χ1) is 11.0. The Hall–Kier alpha value is -2.50. The molecule has 1 aromatic carbocycles. The van der Waals surface area contributed by atoms with E-state index < -0.39 is 0 Å². The fourth-order valence-electron chi connectivity index (χ4n) is 2.50. The van der Waals surface area contributed by atoms with Crippen LogP contribution < -0.4 is 4.74 Å². The molecular weight excluding hydrogens is 296 g/mol. The Morgan fingerprint density at radius 3 is 2.65 bits per heavy atom. The number of rotatable bonds is 6. The van der Waals surface area contributed by atoms with Gasteiger partial charge in [0.05, 0.1) is 20.1 Å². The van der Waals surface area contributed by atoms with E-state index in [1.54, 1.807) is 26.0 Å². The largest absolute Gasteiger partial charge is 0.497 e. The van der Waals surface area contributed by atoms with Gasteiger partial charge in [-0.1, -0.05) is 6.92 Å². The molecule has 1 amide bonds. The molecule has 0 aliphatic carbocycles. The summed E-state index contributed by atoms with van der Waals surface area (Å²) in [6.07, 6.45) is 1.87. The van der Waals surface area contributed by atoms with E-state index in [0.29, 0.717) is 6.54 Å². The molecular formula is C17H22N2O4. The minimum Gasteiger partial charge on any atom is -0.497 e. The van der Waals surface area contributed by atoms with Gasteiger partial charge in [-0.3, -0.25) is 9.59 Å². The molecule has 0 N–H and O–H groups in total. The van der Waals surface area contributed by atoms with Crippen LogP contribution in [0.3, 0.4) is 0 Å². The van der Waals surface area contributed by atoms with Gasteiger partial charge in [0.2, 0.25) is 5.91 Å². The highest BCUT2D eigenvalue weighted by molar-refractivity contribution is 5.84. The summed E-state index contributed by atoms with van der Waals surface area (Å²) in [7, 11) is 4.66. The minimum atomic E-state index is -0.348. The number of benzene rings is 1. The van der Waals surface area contributed by atoms with E-state index in [9.17, 15) is 9.59 Å². The topological polar surface area (TPSA) is 60.8 Å². The number of carbonyl (C=O) groups is 2. The van der Waals surface area contributed by atoms with E-state index in [1.807, 2.05) is 35.0 Å². The Balaban J connectivity index is 2.06. The number of hydrogen-bond acceptors (Lipinski definition) is 4. The molecule has 1 aromatic heterocycles. The summed E-state index contributed by atoms with van der Waals surface area (Å²) in [4.78, 5) is 25.3. The molecule has 6 heteroatoms. The van der Waals surface area contributed by atoms with Gasteiger partial charge in [0.1, 0.15) is 12.3 Å². The van der Waals surface area contributed by atoms with Gasteiger partial charge in [0, 0.05) is 30.7 Å². The van der Waals surface area contributed by atoms with Crippen molar-refractivity contribution in [1.82, 2.24) is 9.47 Å². The van der Waals surface area contributed by atoms with Gasteiger partial charge in [-0.2, -0.15) is 0 Å². The third-order valence-corrected chi connectivity index (χ3v) is 3.86. The van der Waals surface area contributed by atoms with Crippen LogP contribution in [0.4, 0.5) is 0 Å². The highest BCUT2D eigenvalue weighted by Gasteiger charge is 2.19. The number of amides is 1. The molecule has 0 bridgehead atoms. The Labute approximate surface area is 135 Å². The van der Waals surface area contributed by atoms with Gasteiger partial charge in [0.25, 0.3) is 0 Å². The second-order valence-electron chi connectivity index (χ2n) is 5.57. The third-order valence-electron chi connectivity index (χ3n) is 3.86. The molecule has 1 heterocycles. The van der Waals surface area contributed by atoms with Crippen molar-refractivity contribution < 1.29 is 19.1 Å². The normalized spacial score (nSPS) is 12.0. The molecule has 0 fully saturated rings. The predicted molar refractivity (Wildman–Crippen MR) is 87.3 cm³/mol. The Kier molecular flexibility index (Phi) is 5.26. The van der Waals surface area contributed by atoms with Crippen molar-refractivity contribution in [3.63, 3.8) is 0 Å². The van der Waals surface area contributed by atoms with Crippen molar-refractivity contribution in [1.29, 1.82) is 0 Å². The van der Waals surface area contributed by atoms with Crippen LogP contribution in [0.1, 0.15) is 6.92 Å². The maximum atomic E-state index is 12.4. The first kappa shape index (κ1) is 16.9. The molecule has 0 radical (unpaired) electrons. The van der Waals surface area contributed by atoms with Crippen LogP contribution in [0, 0.1) is 5.92 Å². The molecule has 23 heavy (non-hydrogen) atoms. The number of fused-ring (bicyclic) bond motifs is 1. The van der Waals surface area contributed by atoms with Gasteiger partial charge in [-0.15, -0.1) is 0 Å². The number of aromatic nitrogens is 1. The van der Waals surface area contributed by atoms with Crippen molar-refractivity contribution in [3.05, 3.63) is 30.5 Å². The molecule has 1 unspecified atom stereocenters. The van der Waals surface area contributed by atoms with Crippen LogP contribution in [0.25, 0.3) is 10.9 Å². The zero-order valence-corrected chi connectivity index (χ0v) is 13.9. The quantitative estimate of drug-likeness (QED) is 0.764. The van der Waals surface area contributed by atoms with Gasteiger partial charge in [0.15, 0.2) is 0 Å². The van der Waals surface area contributed by atoms with Crippen molar-refractivity contribution in [2.75, 3.05) is 27.8 Å². The summed E-state index contributed by atoms with van der Waals surface area (Å²) in [5, 5.41) is 1.02. The van der Waals surface area contributed by atoms with Crippen LogP contribution >= 0.6 is 0 Å². The predicted octanol–water partition coefficient (Wildman–Crippen LogP) is 1.92. The lowest BCUT2D eigenvalue weighted by molar-refractivity contribution is -0.146. The molecule has 0 saturated carbocycles. The SMILES string of the molecule is COC(=O)C(C)CN(C)C(=O)Cn1ccc2cc(OC)ccc21. The van der Waals surface area contributed by atoms with Crippen molar-refractivity contribution in [2.45, 2.75) is 13.5 Å². The van der Waals surface area contributed by atoms with Crippen LogP contribution in [0.5, 0.6) is 5.75 Å². The Bertz CT molecular complexity index is 708. The first-order valence-electron chi connectivity index (χ1n) is 7.41. The summed E-state index contributed by atoms with van der Waals surface area (Å²) in [6.45, 7) is 2.30. The second kappa shape index (κ2) is 7.17. The summed E-state index contributed by atoms with van der Waals surface area (Å²) in [5.74, 6) is 0.0578. The summed E-state index contributed by atoms with van der Waals surface area (Å²) >= 11 is 0. The van der Waals surface area contributed by atoms with Gasteiger partial charge < -0.3 is 18.9 Å². The number of methoxy groups -OCH3 is 2. The fourth-order valence-corrected chi connectivity index (χ4v) is 2.50. The molecule has 1 atom stereocenters. The average Bonchev–Trinajstić information content (AvgIpc) is 2.95. The molecule has 2 rings (SSSR count). The van der Waals surface area contributed by atoms with Crippen LogP contribution in [0.15, 0.2) is 30.5 Å². The maximum absolute atomic E-state index is 12.4. The highest BCUT2D eigenvalue weighted by Crippen LogP contribution is 2.21. The van der Waals surface area contributed by atoms with Crippen molar-refractivity contribution in [3.8, 4) is 5.75 Å². The monoisotopic (exact) mass is 318 g/mol. The van der Waals surface area contributed by atoms with E-state index in [-0.39, 0.29) is 24.3 Å². The summed E-state index contributed by atoms with van der Waals surface area (Å²) in [6, 6.07) is 7.67. The van der Waals surface area contributed by atoms with Crippen molar-refractivity contribution in [2.24, 2.45) is 5.92 Å². The molecule has 0 aliphatic rings. The van der Waals surface area contributed by atoms with E-state index in [2.05, 4.69) is 4.74 Å². The minimum absolute atomic E-state index is 0.0610. The highest BCUT2D eigenvalue weighted by atomic mass is 16.5. The lowest BCUT2D eigenvalue weighted by Gasteiger charge is -2.20. The van der Waals surface area contributed by atoms with E-state index in [1.165, 1.54) is 7.11 Å². The lowest BCUT2D eigenvalue weighted by Crippen LogP contribution is -2.36. The Morgan fingerprint density at radius 1 is 1.26 bits per heavy atom. The van der Waals surface area contributed by atoms with E-state index in [4.69, 9.17) is 4.74 Å².